The smallest absolute Gasteiger partial charge is 0.243 e. The zero-order chi connectivity index (χ0) is 20.9. The van der Waals surface area contributed by atoms with Gasteiger partial charge in [0.1, 0.15) is 0 Å². The lowest BCUT2D eigenvalue weighted by atomic mass is 10.2. The summed E-state index contributed by atoms with van der Waals surface area (Å²) in [5.74, 6) is -0.0997. The maximum atomic E-state index is 13.0. The van der Waals surface area contributed by atoms with Crippen molar-refractivity contribution >= 4 is 56.6 Å². The quantitative estimate of drug-likeness (QED) is 0.579. The van der Waals surface area contributed by atoms with Crippen molar-refractivity contribution in [3.8, 4) is 0 Å². The zero-order valence-corrected chi connectivity index (χ0v) is 18.9. The third-order valence-electron chi connectivity index (χ3n) is 4.60. The van der Waals surface area contributed by atoms with Crippen LogP contribution in [0.15, 0.2) is 52.3 Å². The molecule has 0 aliphatic carbocycles. The molecule has 0 atom stereocenters. The number of sulfonamides is 1. The highest BCUT2D eigenvalue weighted by Crippen LogP contribution is 2.29. The summed E-state index contributed by atoms with van der Waals surface area (Å²) in [6.45, 7) is 1.04. The number of nitrogens with zero attached hydrogens (tertiary/aromatic N) is 1. The second-order valence-electron chi connectivity index (χ2n) is 6.75. The molecule has 0 saturated carbocycles. The van der Waals surface area contributed by atoms with Crippen LogP contribution in [0, 0.1) is 0 Å². The van der Waals surface area contributed by atoms with Crippen LogP contribution in [0.4, 0.5) is 5.69 Å². The van der Waals surface area contributed by atoms with Crippen molar-refractivity contribution in [1.82, 2.24) is 4.31 Å². The number of rotatable bonds is 6. The van der Waals surface area contributed by atoms with Crippen LogP contribution in [0.5, 0.6) is 0 Å². The Labute approximate surface area is 185 Å². The van der Waals surface area contributed by atoms with Gasteiger partial charge in [0, 0.05) is 23.0 Å². The number of anilines is 1. The Morgan fingerprint density at radius 2 is 1.66 bits per heavy atom. The van der Waals surface area contributed by atoms with Crippen molar-refractivity contribution in [2.45, 2.75) is 35.5 Å². The van der Waals surface area contributed by atoms with Gasteiger partial charge in [0.05, 0.1) is 21.4 Å². The van der Waals surface area contributed by atoms with E-state index in [1.807, 2.05) is 12.1 Å². The first-order valence-electron chi connectivity index (χ1n) is 9.34. The SMILES string of the molecule is O=C(CSc1ccc(Cl)cc1)Nc1cc(S(=O)(=O)N2CCCCCC2)ccc1Cl. The fourth-order valence-corrected chi connectivity index (χ4v) is 5.59. The van der Waals surface area contributed by atoms with Gasteiger partial charge in [-0.05, 0) is 55.3 Å². The lowest BCUT2D eigenvalue weighted by Crippen LogP contribution is -2.32. The number of carbonyl (C=O) groups excluding carboxylic acids is 1. The molecule has 1 aliphatic rings. The second-order valence-corrected chi connectivity index (χ2v) is 10.6. The van der Waals surface area contributed by atoms with Crippen LogP contribution in [0.1, 0.15) is 25.7 Å². The largest absolute Gasteiger partial charge is 0.324 e. The van der Waals surface area contributed by atoms with E-state index in [0.717, 1.165) is 30.6 Å². The summed E-state index contributed by atoms with van der Waals surface area (Å²) in [5.41, 5.74) is 0.296. The fourth-order valence-electron chi connectivity index (χ4n) is 3.06. The topological polar surface area (TPSA) is 66.5 Å². The Morgan fingerprint density at radius 1 is 1.00 bits per heavy atom. The molecule has 1 N–H and O–H groups in total. The van der Waals surface area contributed by atoms with Crippen LogP contribution in [-0.2, 0) is 14.8 Å². The molecular formula is C20H22Cl2N2O3S2. The molecule has 1 aliphatic heterocycles. The number of carbonyl (C=O) groups is 1. The number of amides is 1. The highest BCUT2D eigenvalue weighted by molar-refractivity contribution is 8.00. The number of nitrogens with one attached hydrogen (secondary N) is 1. The van der Waals surface area contributed by atoms with E-state index < -0.39 is 10.0 Å². The van der Waals surface area contributed by atoms with Crippen LogP contribution in [0.2, 0.25) is 10.0 Å². The van der Waals surface area contributed by atoms with Gasteiger partial charge in [-0.2, -0.15) is 4.31 Å². The number of halogens is 2. The number of hydrogen-bond donors (Lipinski definition) is 1. The lowest BCUT2D eigenvalue weighted by molar-refractivity contribution is -0.113. The third kappa shape index (κ3) is 6.12. The lowest BCUT2D eigenvalue weighted by Gasteiger charge is -2.20. The van der Waals surface area contributed by atoms with Crippen LogP contribution < -0.4 is 5.32 Å². The summed E-state index contributed by atoms with van der Waals surface area (Å²) in [7, 11) is -3.61. The molecule has 1 amide bonds. The summed E-state index contributed by atoms with van der Waals surface area (Å²) >= 11 is 13.4. The van der Waals surface area contributed by atoms with E-state index in [2.05, 4.69) is 5.32 Å². The summed E-state index contributed by atoms with van der Waals surface area (Å²) in [4.78, 5) is 13.4. The molecule has 5 nitrogen and oxygen atoms in total. The van der Waals surface area contributed by atoms with Gasteiger partial charge in [0.2, 0.25) is 15.9 Å². The highest BCUT2D eigenvalue weighted by Gasteiger charge is 2.26. The standard InChI is InChI=1S/C20H22Cl2N2O3S2/c21-15-5-7-16(8-6-15)28-14-20(25)23-19-13-17(9-10-18(19)22)29(26,27)24-11-3-1-2-4-12-24/h5-10,13H,1-4,11-12,14H2,(H,23,25). The summed E-state index contributed by atoms with van der Waals surface area (Å²) in [5, 5.41) is 3.65. The van der Waals surface area contributed by atoms with Gasteiger partial charge >= 0.3 is 0 Å². The number of benzene rings is 2. The van der Waals surface area contributed by atoms with E-state index in [1.54, 1.807) is 12.1 Å². The van der Waals surface area contributed by atoms with E-state index >= 15 is 0 Å². The Hall–Kier alpha value is -1.25. The molecule has 9 heteroatoms. The summed E-state index contributed by atoms with van der Waals surface area (Å²) < 4.78 is 27.5. The van der Waals surface area contributed by atoms with E-state index in [1.165, 1.54) is 34.3 Å². The molecule has 2 aromatic carbocycles. The van der Waals surface area contributed by atoms with E-state index in [0.29, 0.717) is 28.8 Å². The molecule has 1 saturated heterocycles. The van der Waals surface area contributed by atoms with Crippen molar-refractivity contribution in [2.75, 3.05) is 24.2 Å². The molecule has 156 valence electrons. The van der Waals surface area contributed by atoms with Gasteiger partial charge in [0.15, 0.2) is 0 Å². The molecule has 1 heterocycles. The number of hydrogen-bond acceptors (Lipinski definition) is 4. The third-order valence-corrected chi connectivity index (χ3v) is 8.09. The summed E-state index contributed by atoms with van der Waals surface area (Å²) in [6, 6.07) is 11.6. The normalized spacial score (nSPS) is 15.7. The molecule has 0 unspecified atom stereocenters. The van der Waals surface area contributed by atoms with Crippen LogP contribution in [-0.4, -0.2) is 37.5 Å². The van der Waals surface area contributed by atoms with Crippen LogP contribution in [0.3, 0.4) is 0 Å². The minimum Gasteiger partial charge on any atom is -0.324 e. The molecule has 2 aromatic rings. The average Bonchev–Trinajstić information content (AvgIpc) is 2.99. The second kappa shape index (κ2) is 10.2. The Morgan fingerprint density at radius 3 is 2.31 bits per heavy atom. The molecule has 0 radical (unpaired) electrons. The molecule has 1 fully saturated rings. The Kier molecular flexibility index (Phi) is 7.87. The zero-order valence-electron chi connectivity index (χ0n) is 15.7. The first-order valence-corrected chi connectivity index (χ1v) is 12.5. The fraction of sp³-hybridized carbons (Fsp3) is 0.350. The molecule has 0 bridgehead atoms. The molecule has 29 heavy (non-hydrogen) atoms. The van der Waals surface area contributed by atoms with Gasteiger partial charge in [-0.3, -0.25) is 4.79 Å². The van der Waals surface area contributed by atoms with Crippen molar-refractivity contribution in [1.29, 1.82) is 0 Å². The van der Waals surface area contributed by atoms with Crippen molar-refractivity contribution in [2.24, 2.45) is 0 Å². The van der Waals surface area contributed by atoms with E-state index in [4.69, 9.17) is 23.2 Å². The maximum absolute atomic E-state index is 13.0. The minimum atomic E-state index is -3.61. The van der Waals surface area contributed by atoms with Gasteiger partial charge < -0.3 is 5.32 Å². The maximum Gasteiger partial charge on any atom is 0.243 e. The van der Waals surface area contributed by atoms with Gasteiger partial charge in [-0.15, -0.1) is 11.8 Å². The van der Waals surface area contributed by atoms with Gasteiger partial charge in [0.25, 0.3) is 0 Å². The van der Waals surface area contributed by atoms with Crippen molar-refractivity contribution in [3.05, 3.63) is 52.5 Å². The highest BCUT2D eigenvalue weighted by atomic mass is 35.5. The average molecular weight is 473 g/mol. The van der Waals surface area contributed by atoms with Crippen molar-refractivity contribution in [3.63, 3.8) is 0 Å². The molecular weight excluding hydrogens is 451 g/mol. The predicted molar refractivity (Wildman–Crippen MR) is 119 cm³/mol. The molecule has 0 spiro atoms. The van der Waals surface area contributed by atoms with Gasteiger partial charge in [-0.25, -0.2) is 8.42 Å². The molecule has 0 aromatic heterocycles. The van der Waals surface area contributed by atoms with E-state index in [9.17, 15) is 13.2 Å². The van der Waals surface area contributed by atoms with Crippen LogP contribution >= 0.6 is 35.0 Å². The summed E-state index contributed by atoms with van der Waals surface area (Å²) in [6.07, 6.45) is 3.80. The Bertz CT molecular complexity index is 958. The number of thioether (sulfide) groups is 1. The van der Waals surface area contributed by atoms with E-state index in [-0.39, 0.29) is 16.6 Å². The van der Waals surface area contributed by atoms with Gasteiger partial charge in [-0.1, -0.05) is 36.0 Å². The predicted octanol–water partition coefficient (Wildman–Crippen LogP) is 5.29. The molecule has 3 rings (SSSR count). The first-order chi connectivity index (χ1) is 13.9. The monoisotopic (exact) mass is 472 g/mol. The van der Waals surface area contributed by atoms with Crippen LogP contribution in [0.25, 0.3) is 0 Å². The Balaban J connectivity index is 1.69. The minimum absolute atomic E-state index is 0.143. The first kappa shape index (κ1) is 22.4. The van der Waals surface area contributed by atoms with Crippen molar-refractivity contribution < 1.29 is 13.2 Å².